The summed E-state index contributed by atoms with van der Waals surface area (Å²) in [6.45, 7) is 5.07. The highest BCUT2D eigenvalue weighted by Crippen LogP contribution is 2.12. The van der Waals surface area contributed by atoms with Crippen molar-refractivity contribution in [3.63, 3.8) is 0 Å². The number of hydrogen-bond acceptors (Lipinski definition) is 3. The summed E-state index contributed by atoms with van der Waals surface area (Å²) in [5.74, 6) is 0. The van der Waals surface area contributed by atoms with Crippen LogP contribution in [0.15, 0.2) is 0 Å². The minimum atomic E-state index is -0.160. The molecule has 0 saturated carbocycles. The highest BCUT2D eigenvalue weighted by atomic mass is 16.3. The maximum atomic E-state index is 9.89. The zero-order chi connectivity index (χ0) is 17.0. The van der Waals surface area contributed by atoms with Crippen molar-refractivity contribution in [2.45, 2.75) is 103 Å². The number of aliphatic hydroxyl groups excluding tert-OH is 1. The largest absolute Gasteiger partial charge is 0.392 e. The predicted molar refractivity (Wildman–Crippen MR) is 103 cm³/mol. The van der Waals surface area contributed by atoms with Gasteiger partial charge < -0.3 is 15.7 Å². The van der Waals surface area contributed by atoms with Gasteiger partial charge in [-0.05, 0) is 33.0 Å². The van der Waals surface area contributed by atoms with E-state index in [1.165, 1.54) is 77.0 Å². The fourth-order valence-electron chi connectivity index (χ4n) is 2.98. The molecular weight excluding hydrogens is 284 g/mol. The first-order valence-corrected chi connectivity index (χ1v) is 10.3. The van der Waals surface area contributed by atoms with Crippen molar-refractivity contribution < 1.29 is 5.11 Å². The Kier molecular flexibility index (Phi) is 19.8. The summed E-state index contributed by atoms with van der Waals surface area (Å²) in [4.78, 5) is 0. The van der Waals surface area contributed by atoms with Crippen molar-refractivity contribution in [3.8, 4) is 0 Å². The lowest BCUT2D eigenvalue weighted by molar-refractivity contribution is 0.158. The van der Waals surface area contributed by atoms with Crippen LogP contribution in [0.1, 0.15) is 96.8 Å². The number of hydrogen-bond donors (Lipinski definition) is 3. The second kappa shape index (κ2) is 19.9. The van der Waals surface area contributed by atoms with Crippen molar-refractivity contribution in [1.82, 2.24) is 10.6 Å². The average molecular weight is 329 g/mol. The first kappa shape index (κ1) is 22.9. The molecule has 0 aliphatic rings. The van der Waals surface area contributed by atoms with E-state index in [1.54, 1.807) is 0 Å². The van der Waals surface area contributed by atoms with Crippen LogP contribution in [0.3, 0.4) is 0 Å². The van der Waals surface area contributed by atoms with Gasteiger partial charge >= 0.3 is 0 Å². The van der Waals surface area contributed by atoms with Crippen LogP contribution in [-0.2, 0) is 0 Å². The van der Waals surface area contributed by atoms with Crippen LogP contribution in [0.2, 0.25) is 0 Å². The Morgan fingerprint density at radius 3 is 1.74 bits per heavy atom. The van der Waals surface area contributed by atoms with E-state index in [-0.39, 0.29) is 6.10 Å². The summed E-state index contributed by atoms with van der Waals surface area (Å²) in [5.41, 5.74) is 0. The molecule has 0 saturated heterocycles. The lowest BCUT2D eigenvalue weighted by atomic mass is 10.0. The normalized spacial score (nSPS) is 12.7. The zero-order valence-corrected chi connectivity index (χ0v) is 16.0. The first-order chi connectivity index (χ1) is 11.3. The van der Waals surface area contributed by atoms with Gasteiger partial charge in [0.05, 0.1) is 6.10 Å². The van der Waals surface area contributed by atoms with Crippen LogP contribution in [0.5, 0.6) is 0 Å². The molecule has 1 unspecified atom stereocenters. The van der Waals surface area contributed by atoms with E-state index in [1.807, 2.05) is 7.05 Å². The molecule has 0 aromatic rings. The maximum absolute atomic E-state index is 9.89. The van der Waals surface area contributed by atoms with Crippen LogP contribution in [-0.4, -0.2) is 37.9 Å². The lowest BCUT2D eigenvalue weighted by Gasteiger charge is -2.11. The molecule has 0 rings (SSSR count). The summed E-state index contributed by atoms with van der Waals surface area (Å²) in [6, 6.07) is 0. The number of rotatable bonds is 19. The summed E-state index contributed by atoms with van der Waals surface area (Å²) in [7, 11) is 1.97. The number of unbranched alkanes of at least 4 members (excludes halogenated alkanes) is 11. The van der Waals surface area contributed by atoms with Gasteiger partial charge in [-0.3, -0.25) is 0 Å². The number of nitrogens with one attached hydrogen (secondary N) is 2. The Labute approximate surface area is 146 Å². The molecular formula is C20H44N2O. The van der Waals surface area contributed by atoms with E-state index < -0.39 is 0 Å². The van der Waals surface area contributed by atoms with Crippen LogP contribution in [0.4, 0.5) is 0 Å². The average Bonchev–Trinajstić information content (AvgIpc) is 2.55. The summed E-state index contributed by atoms with van der Waals surface area (Å²) < 4.78 is 0. The molecule has 0 aliphatic heterocycles. The molecule has 1 atom stereocenters. The summed E-state index contributed by atoms with van der Waals surface area (Å²) in [6.07, 6.45) is 18.4. The SMILES string of the molecule is CCCCCCCCCCCCCCC(O)CNCCCNC. The molecule has 0 fully saturated rings. The quantitative estimate of drug-likeness (QED) is 0.303. The minimum absolute atomic E-state index is 0.160. The Bertz CT molecular complexity index is 212. The maximum Gasteiger partial charge on any atom is 0.0664 e. The third kappa shape index (κ3) is 19.8. The van der Waals surface area contributed by atoms with Gasteiger partial charge in [0.2, 0.25) is 0 Å². The minimum Gasteiger partial charge on any atom is -0.392 e. The van der Waals surface area contributed by atoms with Crippen LogP contribution >= 0.6 is 0 Å². The topological polar surface area (TPSA) is 44.3 Å². The Balaban J connectivity index is 3.08. The predicted octanol–water partition coefficient (Wildman–Crippen LogP) is 4.64. The number of aliphatic hydroxyl groups is 1. The van der Waals surface area contributed by atoms with E-state index in [0.717, 1.165) is 32.5 Å². The molecule has 23 heavy (non-hydrogen) atoms. The Morgan fingerprint density at radius 2 is 1.22 bits per heavy atom. The van der Waals surface area contributed by atoms with E-state index in [4.69, 9.17) is 0 Å². The van der Waals surface area contributed by atoms with Gasteiger partial charge in [0.1, 0.15) is 0 Å². The van der Waals surface area contributed by atoms with Crippen LogP contribution in [0.25, 0.3) is 0 Å². The first-order valence-electron chi connectivity index (χ1n) is 10.3. The van der Waals surface area contributed by atoms with E-state index in [2.05, 4.69) is 17.6 Å². The fourth-order valence-corrected chi connectivity index (χ4v) is 2.98. The molecule has 3 nitrogen and oxygen atoms in total. The van der Waals surface area contributed by atoms with E-state index >= 15 is 0 Å². The zero-order valence-electron chi connectivity index (χ0n) is 16.0. The monoisotopic (exact) mass is 328 g/mol. The van der Waals surface area contributed by atoms with Gasteiger partial charge in [-0.1, -0.05) is 84.0 Å². The van der Waals surface area contributed by atoms with Gasteiger partial charge in [0.15, 0.2) is 0 Å². The van der Waals surface area contributed by atoms with Crippen molar-refractivity contribution in [2.75, 3.05) is 26.7 Å². The van der Waals surface area contributed by atoms with Crippen molar-refractivity contribution >= 4 is 0 Å². The Hall–Kier alpha value is -0.120. The molecule has 0 amide bonds. The lowest BCUT2D eigenvalue weighted by Crippen LogP contribution is -2.28. The molecule has 0 spiro atoms. The molecule has 3 N–H and O–H groups in total. The highest BCUT2D eigenvalue weighted by molar-refractivity contribution is 4.60. The second-order valence-electron chi connectivity index (χ2n) is 6.99. The summed E-state index contributed by atoms with van der Waals surface area (Å²) >= 11 is 0. The molecule has 0 radical (unpaired) electrons. The molecule has 0 bridgehead atoms. The van der Waals surface area contributed by atoms with Crippen molar-refractivity contribution in [2.24, 2.45) is 0 Å². The third-order valence-corrected chi connectivity index (χ3v) is 4.55. The van der Waals surface area contributed by atoms with Gasteiger partial charge in [-0.2, -0.15) is 0 Å². The van der Waals surface area contributed by atoms with Gasteiger partial charge in [-0.15, -0.1) is 0 Å². The molecule has 0 aromatic heterocycles. The molecule has 0 heterocycles. The van der Waals surface area contributed by atoms with Crippen LogP contribution < -0.4 is 10.6 Å². The van der Waals surface area contributed by atoms with Crippen LogP contribution in [0, 0.1) is 0 Å². The second-order valence-corrected chi connectivity index (χ2v) is 6.99. The Morgan fingerprint density at radius 1 is 0.696 bits per heavy atom. The van der Waals surface area contributed by atoms with Crippen molar-refractivity contribution in [1.29, 1.82) is 0 Å². The van der Waals surface area contributed by atoms with Gasteiger partial charge in [0.25, 0.3) is 0 Å². The third-order valence-electron chi connectivity index (χ3n) is 4.55. The van der Waals surface area contributed by atoms with E-state index in [9.17, 15) is 5.11 Å². The van der Waals surface area contributed by atoms with Crippen molar-refractivity contribution in [3.05, 3.63) is 0 Å². The summed E-state index contributed by atoms with van der Waals surface area (Å²) in [5, 5.41) is 16.3. The van der Waals surface area contributed by atoms with E-state index in [0.29, 0.717) is 0 Å². The highest BCUT2D eigenvalue weighted by Gasteiger charge is 2.02. The fraction of sp³-hybridized carbons (Fsp3) is 1.00. The molecule has 140 valence electrons. The standard InChI is InChI=1S/C20H44N2O/c1-3-4-5-6-7-8-9-10-11-12-13-14-16-20(23)19-22-18-15-17-21-2/h20-23H,3-19H2,1-2H3. The van der Waals surface area contributed by atoms with Gasteiger partial charge in [-0.25, -0.2) is 0 Å². The molecule has 0 aliphatic carbocycles. The molecule has 0 aromatic carbocycles. The molecule has 3 heteroatoms. The smallest absolute Gasteiger partial charge is 0.0664 e. The van der Waals surface area contributed by atoms with Gasteiger partial charge in [0, 0.05) is 6.54 Å².